The quantitative estimate of drug-likeness (QED) is 0.147. The van der Waals surface area contributed by atoms with Gasteiger partial charge in [-0.15, -0.1) is 46.4 Å². The van der Waals surface area contributed by atoms with Crippen molar-refractivity contribution in [2.24, 2.45) is 0 Å². The zero-order valence-electron chi connectivity index (χ0n) is 15.0. The van der Waals surface area contributed by atoms with Crippen LogP contribution in [0.1, 0.15) is 22.3 Å². The highest BCUT2D eigenvalue weighted by Gasteiger charge is 2.19. The summed E-state index contributed by atoms with van der Waals surface area (Å²) in [5.74, 6) is 1.84. The average Bonchev–Trinajstić information content (AvgIpc) is 2.76. The van der Waals surface area contributed by atoms with Gasteiger partial charge in [0.2, 0.25) is 0 Å². The highest BCUT2D eigenvalue weighted by molar-refractivity contribution is 6.35. The van der Waals surface area contributed by atoms with E-state index in [9.17, 15) is 0 Å². The van der Waals surface area contributed by atoms with Crippen LogP contribution in [0.2, 0.25) is 0 Å². The third-order valence-electron chi connectivity index (χ3n) is 5.82. The van der Waals surface area contributed by atoms with E-state index in [0.29, 0.717) is 23.5 Å². The number of alkyl halides is 4. The Morgan fingerprint density at radius 2 is 0.607 bits per heavy atom. The molecule has 0 aliphatic heterocycles. The maximum Gasteiger partial charge on any atom is 0.0480 e. The predicted octanol–water partition coefficient (Wildman–Crippen LogP) is 8.69. The number of halogens is 4. The lowest BCUT2D eigenvalue weighted by molar-refractivity contribution is 1.39. The zero-order chi connectivity index (χ0) is 19.4. The van der Waals surface area contributed by atoms with Gasteiger partial charge >= 0.3 is 0 Å². The van der Waals surface area contributed by atoms with Gasteiger partial charge in [0.15, 0.2) is 0 Å². The van der Waals surface area contributed by atoms with Crippen molar-refractivity contribution in [2.45, 2.75) is 23.5 Å². The lowest BCUT2D eigenvalue weighted by Crippen LogP contribution is -1.96. The molecule has 4 heteroatoms. The molecule has 0 spiro atoms. The van der Waals surface area contributed by atoms with Gasteiger partial charge in [-0.3, -0.25) is 0 Å². The second-order valence-corrected chi connectivity index (χ2v) is 8.19. The molecule has 0 heterocycles. The van der Waals surface area contributed by atoms with Crippen LogP contribution in [0, 0.1) is 0 Å². The molecular formula is C24H16Cl4. The number of fused-ring (bicyclic) bond motifs is 2. The smallest absolute Gasteiger partial charge is 0.0480 e. The highest BCUT2D eigenvalue weighted by Crippen LogP contribution is 2.44. The summed E-state index contributed by atoms with van der Waals surface area (Å²) in [5.41, 5.74) is 4.47. The highest BCUT2D eigenvalue weighted by atomic mass is 35.5. The van der Waals surface area contributed by atoms with E-state index in [-0.39, 0.29) is 0 Å². The Bertz CT molecular complexity index is 1150. The van der Waals surface area contributed by atoms with Crippen LogP contribution in [-0.4, -0.2) is 0 Å². The molecule has 0 amide bonds. The van der Waals surface area contributed by atoms with Crippen molar-refractivity contribution < 1.29 is 0 Å². The first-order valence-corrected chi connectivity index (χ1v) is 11.3. The molecular weight excluding hydrogens is 430 g/mol. The number of hydrogen-bond donors (Lipinski definition) is 0. The molecule has 0 nitrogen and oxygen atoms in total. The molecule has 0 aliphatic carbocycles. The summed E-state index contributed by atoms with van der Waals surface area (Å²) < 4.78 is 0. The largest absolute Gasteiger partial charge is 0.122 e. The van der Waals surface area contributed by atoms with E-state index < -0.39 is 0 Å². The Morgan fingerprint density at radius 3 is 0.821 bits per heavy atom. The topological polar surface area (TPSA) is 0 Å². The van der Waals surface area contributed by atoms with Gasteiger partial charge in [0.1, 0.15) is 0 Å². The van der Waals surface area contributed by atoms with Gasteiger partial charge in [0.25, 0.3) is 0 Å². The zero-order valence-corrected chi connectivity index (χ0v) is 18.0. The van der Waals surface area contributed by atoms with E-state index in [1.54, 1.807) is 0 Å². The van der Waals surface area contributed by atoms with Crippen LogP contribution in [-0.2, 0) is 23.5 Å². The molecule has 5 aromatic carbocycles. The summed E-state index contributed by atoms with van der Waals surface area (Å²) >= 11 is 25.2. The minimum Gasteiger partial charge on any atom is -0.122 e. The van der Waals surface area contributed by atoms with Gasteiger partial charge in [-0.2, -0.15) is 0 Å². The lowest BCUT2D eigenvalue weighted by atomic mass is 9.85. The molecule has 5 rings (SSSR count). The second-order valence-electron chi connectivity index (χ2n) is 7.12. The molecule has 0 atom stereocenters. The van der Waals surface area contributed by atoms with Crippen molar-refractivity contribution in [3.05, 3.63) is 70.8 Å². The number of hydrogen-bond acceptors (Lipinski definition) is 0. The van der Waals surface area contributed by atoms with E-state index >= 15 is 0 Å². The SMILES string of the molecule is ClCc1ccc2c3ccc(CCl)c4c(CCl)ccc(c5ccc(CCl)c1c25)c43. The van der Waals surface area contributed by atoms with Crippen LogP contribution >= 0.6 is 46.4 Å². The van der Waals surface area contributed by atoms with Gasteiger partial charge in [0, 0.05) is 23.5 Å². The Hall–Kier alpha value is -1.44. The van der Waals surface area contributed by atoms with Crippen LogP contribution in [0.4, 0.5) is 0 Å². The number of rotatable bonds is 4. The van der Waals surface area contributed by atoms with Crippen molar-refractivity contribution in [3.63, 3.8) is 0 Å². The lowest BCUT2D eigenvalue weighted by Gasteiger charge is -2.20. The van der Waals surface area contributed by atoms with Gasteiger partial charge in [-0.25, -0.2) is 0 Å². The Kier molecular flexibility index (Phi) is 4.72. The summed E-state index contributed by atoms with van der Waals surface area (Å²) in [4.78, 5) is 0. The number of benzene rings is 5. The maximum atomic E-state index is 6.29. The molecule has 0 aromatic heterocycles. The minimum atomic E-state index is 0.461. The van der Waals surface area contributed by atoms with Crippen LogP contribution in [0.25, 0.3) is 43.1 Å². The fourth-order valence-electron chi connectivity index (χ4n) is 4.63. The molecule has 0 saturated heterocycles. The fourth-order valence-corrected chi connectivity index (χ4v) is 5.52. The summed E-state index contributed by atoms with van der Waals surface area (Å²) in [7, 11) is 0. The first-order chi connectivity index (χ1) is 13.7. The van der Waals surface area contributed by atoms with Crippen molar-refractivity contribution in [1.82, 2.24) is 0 Å². The Morgan fingerprint density at radius 1 is 0.357 bits per heavy atom. The summed E-state index contributed by atoms with van der Waals surface area (Å²) in [6.45, 7) is 0. The molecule has 28 heavy (non-hydrogen) atoms. The summed E-state index contributed by atoms with van der Waals surface area (Å²) in [6, 6.07) is 17.3. The van der Waals surface area contributed by atoms with Crippen LogP contribution < -0.4 is 0 Å². The molecule has 0 N–H and O–H groups in total. The van der Waals surface area contributed by atoms with Gasteiger partial charge in [0.05, 0.1) is 0 Å². The normalized spacial score (nSPS) is 12.1. The predicted molar refractivity (Wildman–Crippen MR) is 126 cm³/mol. The van der Waals surface area contributed by atoms with E-state index in [1.165, 1.54) is 43.1 Å². The molecule has 0 aliphatic rings. The molecule has 5 aromatic rings. The molecule has 140 valence electrons. The van der Waals surface area contributed by atoms with Crippen molar-refractivity contribution in [1.29, 1.82) is 0 Å². The summed E-state index contributed by atoms with van der Waals surface area (Å²) in [5, 5.41) is 9.72. The minimum absolute atomic E-state index is 0.461. The standard InChI is InChI=1S/C24H16Cl4/c25-9-13-1-5-17-18-6-3-15(11-27)22-16(12-28)4-8-20(24(18)22)19-7-2-14(10-26)21(13)23(17)19/h1-8H,9-12H2. The third kappa shape index (κ3) is 2.45. The average molecular weight is 446 g/mol. The Labute approximate surface area is 183 Å². The van der Waals surface area contributed by atoms with Crippen LogP contribution in [0.15, 0.2) is 48.5 Å². The molecule has 0 unspecified atom stereocenters. The van der Waals surface area contributed by atoms with Gasteiger partial charge < -0.3 is 0 Å². The van der Waals surface area contributed by atoms with E-state index in [4.69, 9.17) is 46.4 Å². The van der Waals surface area contributed by atoms with E-state index in [2.05, 4.69) is 48.5 Å². The first-order valence-electron chi connectivity index (χ1n) is 9.13. The van der Waals surface area contributed by atoms with E-state index in [0.717, 1.165) is 22.3 Å². The van der Waals surface area contributed by atoms with Crippen LogP contribution in [0.3, 0.4) is 0 Å². The van der Waals surface area contributed by atoms with Gasteiger partial charge in [-0.1, -0.05) is 48.5 Å². The van der Waals surface area contributed by atoms with Gasteiger partial charge in [-0.05, 0) is 65.3 Å². The maximum absolute atomic E-state index is 6.29. The molecule has 0 bridgehead atoms. The third-order valence-corrected chi connectivity index (χ3v) is 6.97. The van der Waals surface area contributed by atoms with Crippen LogP contribution in [0.5, 0.6) is 0 Å². The second kappa shape index (κ2) is 7.11. The molecule has 0 fully saturated rings. The monoisotopic (exact) mass is 444 g/mol. The summed E-state index contributed by atoms with van der Waals surface area (Å²) in [6.07, 6.45) is 0. The Balaban J connectivity index is 2.14. The molecule has 0 saturated carbocycles. The van der Waals surface area contributed by atoms with E-state index in [1.807, 2.05) is 0 Å². The van der Waals surface area contributed by atoms with Crippen molar-refractivity contribution >= 4 is 89.5 Å². The molecule has 0 radical (unpaired) electrons. The van der Waals surface area contributed by atoms with Crippen molar-refractivity contribution in [2.75, 3.05) is 0 Å². The van der Waals surface area contributed by atoms with Crippen molar-refractivity contribution in [3.8, 4) is 0 Å². The fraction of sp³-hybridized carbons (Fsp3) is 0.167. The first kappa shape index (κ1) is 18.6.